The van der Waals surface area contributed by atoms with Gasteiger partial charge in [-0.05, 0) is 42.9 Å². The number of aryl methyl sites for hydroxylation is 2. The minimum Gasteiger partial charge on any atom is -0.349 e. The highest BCUT2D eigenvalue weighted by atomic mass is 32.1. The van der Waals surface area contributed by atoms with Crippen LogP contribution in [0.5, 0.6) is 0 Å². The van der Waals surface area contributed by atoms with Crippen LogP contribution in [0.15, 0.2) is 36.4 Å². The Hall–Kier alpha value is -2.67. The number of thiophene rings is 1. The van der Waals surface area contributed by atoms with E-state index in [4.69, 9.17) is 0 Å². The molecule has 0 bridgehead atoms. The topological polar surface area (TPSA) is 87.3 Å². The highest BCUT2D eigenvalue weighted by Gasteiger charge is 2.19. The minimum atomic E-state index is -0.452. The second kappa shape index (κ2) is 10.2. The maximum Gasteiger partial charge on any atom is 0.279 e. The zero-order chi connectivity index (χ0) is 20.6. The summed E-state index contributed by atoms with van der Waals surface area (Å²) >= 11 is 1.52. The lowest BCUT2D eigenvalue weighted by Gasteiger charge is -2.18. The lowest BCUT2D eigenvalue weighted by Crippen LogP contribution is -2.43. The molecule has 0 radical (unpaired) electrons. The van der Waals surface area contributed by atoms with Gasteiger partial charge in [0.2, 0.25) is 11.8 Å². The first kappa shape index (κ1) is 21.0. The first-order valence-corrected chi connectivity index (χ1v) is 10.9. The highest BCUT2D eigenvalue weighted by Crippen LogP contribution is 2.28. The molecule has 1 atom stereocenters. The quantitative estimate of drug-likeness (QED) is 0.656. The van der Waals surface area contributed by atoms with E-state index in [0.717, 1.165) is 31.2 Å². The number of rotatable bonds is 5. The monoisotopic (exact) mass is 413 g/mol. The first-order valence-electron chi connectivity index (χ1n) is 10.1. The van der Waals surface area contributed by atoms with Gasteiger partial charge in [0, 0.05) is 11.8 Å². The Morgan fingerprint density at radius 2 is 1.72 bits per heavy atom. The van der Waals surface area contributed by atoms with E-state index in [0.29, 0.717) is 4.88 Å². The van der Waals surface area contributed by atoms with Gasteiger partial charge in [-0.1, -0.05) is 43.2 Å². The van der Waals surface area contributed by atoms with Gasteiger partial charge in [-0.25, -0.2) is 0 Å². The van der Waals surface area contributed by atoms with Crippen molar-refractivity contribution in [2.75, 3.05) is 0 Å². The summed E-state index contributed by atoms with van der Waals surface area (Å²) in [6, 6.07) is 10.8. The van der Waals surface area contributed by atoms with Gasteiger partial charge in [0.05, 0.1) is 17.3 Å². The van der Waals surface area contributed by atoms with Crippen molar-refractivity contribution < 1.29 is 14.4 Å². The van der Waals surface area contributed by atoms with E-state index in [-0.39, 0.29) is 24.1 Å². The number of benzene rings is 1. The number of carbonyl (C=O) groups excluding carboxylic acids is 3. The molecule has 1 aromatic heterocycles. The second-order valence-corrected chi connectivity index (χ2v) is 8.48. The number of hydrogen-bond donors (Lipinski definition) is 3. The van der Waals surface area contributed by atoms with E-state index in [1.54, 1.807) is 0 Å². The van der Waals surface area contributed by atoms with Gasteiger partial charge in [-0.3, -0.25) is 25.2 Å². The fraction of sp³-hybridized carbons (Fsp3) is 0.409. The number of hydrazine groups is 1. The summed E-state index contributed by atoms with van der Waals surface area (Å²) in [5.74, 6) is -0.881. The molecule has 0 fully saturated rings. The molecule has 3 amide bonds. The smallest absolute Gasteiger partial charge is 0.279 e. The summed E-state index contributed by atoms with van der Waals surface area (Å²) in [6.45, 7) is 1.42. The number of amides is 3. The Bertz CT molecular complexity index is 838. The maximum atomic E-state index is 12.5. The molecule has 3 rings (SSSR count). The van der Waals surface area contributed by atoms with Gasteiger partial charge in [0.1, 0.15) is 0 Å². The summed E-state index contributed by atoms with van der Waals surface area (Å²) in [6.07, 6.45) is 6.87. The maximum absolute atomic E-state index is 12.5. The normalized spacial score (nSPS) is 14.7. The molecular formula is C22H27N3O3S. The number of fused-ring (bicyclic) bond motifs is 1. The van der Waals surface area contributed by atoms with Crippen LogP contribution in [0.2, 0.25) is 0 Å². The molecule has 3 N–H and O–H groups in total. The third-order valence-corrected chi connectivity index (χ3v) is 6.24. The van der Waals surface area contributed by atoms with E-state index < -0.39 is 6.04 Å². The van der Waals surface area contributed by atoms with Gasteiger partial charge < -0.3 is 5.32 Å². The van der Waals surface area contributed by atoms with Gasteiger partial charge in [-0.15, -0.1) is 11.3 Å². The van der Waals surface area contributed by atoms with Crippen LogP contribution in [0.4, 0.5) is 0 Å². The predicted molar refractivity (Wildman–Crippen MR) is 113 cm³/mol. The van der Waals surface area contributed by atoms with Crippen LogP contribution in [0, 0.1) is 0 Å². The third-order valence-electron chi connectivity index (χ3n) is 5.00. The Kier molecular flexibility index (Phi) is 7.41. The summed E-state index contributed by atoms with van der Waals surface area (Å²) in [5.41, 5.74) is 7.09. The lowest BCUT2D eigenvalue weighted by molar-refractivity contribution is -0.123. The molecule has 29 heavy (non-hydrogen) atoms. The van der Waals surface area contributed by atoms with Gasteiger partial charge in [0.25, 0.3) is 5.91 Å². The van der Waals surface area contributed by atoms with Gasteiger partial charge in [0.15, 0.2) is 0 Å². The van der Waals surface area contributed by atoms with E-state index >= 15 is 0 Å². The first-order chi connectivity index (χ1) is 14.0. The molecule has 154 valence electrons. The average molecular weight is 414 g/mol. The number of nitrogens with one attached hydrogen (secondary N) is 3. The molecule has 0 aliphatic heterocycles. The second-order valence-electron chi connectivity index (χ2n) is 7.34. The molecule has 1 aliphatic carbocycles. The number of carbonyl (C=O) groups is 3. The van der Waals surface area contributed by atoms with Crippen LogP contribution >= 0.6 is 11.3 Å². The van der Waals surface area contributed by atoms with Crippen LogP contribution in [-0.2, 0) is 22.4 Å². The van der Waals surface area contributed by atoms with E-state index in [1.807, 2.05) is 36.4 Å². The molecule has 1 heterocycles. The summed E-state index contributed by atoms with van der Waals surface area (Å²) in [5, 5.41) is 2.78. The molecule has 7 heteroatoms. The zero-order valence-corrected chi connectivity index (χ0v) is 17.4. The molecule has 0 spiro atoms. The summed E-state index contributed by atoms with van der Waals surface area (Å²) in [7, 11) is 0. The van der Waals surface area contributed by atoms with Crippen LogP contribution in [0.25, 0.3) is 0 Å². The van der Waals surface area contributed by atoms with E-state index in [9.17, 15) is 14.4 Å². The highest BCUT2D eigenvalue weighted by molar-refractivity contribution is 7.14. The van der Waals surface area contributed by atoms with Crippen LogP contribution in [-0.4, -0.2) is 17.7 Å². The Morgan fingerprint density at radius 1 is 1.00 bits per heavy atom. The van der Waals surface area contributed by atoms with Crippen molar-refractivity contribution in [1.29, 1.82) is 0 Å². The molecule has 0 saturated heterocycles. The van der Waals surface area contributed by atoms with Crippen molar-refractivity contribution in [1.82, 2.24) is 16.2 Å². The molecule has 0 saturated carbocycles. The van der Waals surface area contributed by atoms with Crippen LogP contribution < -0.4 is 16.2 Å². The fourth-order valence-electron chi connectivity index (χ4n) is 3.56. The lowest BCUT2D eigenvalue weighted by atomic mass is 10.00. The fourth-order valence-corrected chi connectivity index (χ4v) is 4.71. The molecule has 1 aromatic carbocycles. The van der Waals surface area contributed by atoms with Crippen molar-refractivity contribution >= 4 is 29.1 Å². The minimum absolute atomic E-state index is 0.0326. The average Bonchev–Trinajstić information content (AvgIpc) is 3.08. The molecular weight excluding hydrogens is 386 g/mol. The largest absolute Gasteiger partial charge is 0.349 e. The zero-order valence-electron chi connectivity index (χ0n) is 16.6. The van der Waals surface area contributed by atoms with Crippen molar-refractivity contribution in [3.63, 3.8) is 0 Å². The SMILES string of the molecule is CC(=O)N[C@H](CC(=O)NNC(=O)c1cc2c(s1)CCCCCC2)c1ccccc1. The van der Waals surface area contributed by atoms with Crippen molar-refractivity contribution in [3.8, 4) is 0 Å². The molecule has 0 unspecified atom stereocenters. The molecule has 1 aliphatic rings. The molecule has 6 nitrogen and oxygen atoms in total. The van der Waals surface area contributed by atoms with Crippen LogP contribution in [0.3, 0.4) is 0 Å². The Balaban J connectivity index is 1.57. The summed E-state index contributed by atoms with van der Waals surface area (Å²) < 4.78 is 0. The molecule has 2 aromatic rings. The van der Waals surface area contributed by atoms with E-state index in [2.05, 4.69) is 16.2 Å². The predicted octanol–water partition coefficient (Wildman–Crippen LogP) is 3.44. The number of hydrogen-bond acceptors (Lipinski definition) is 4. The third kappa shape index (κ3) is 6.15. The van der Waals surface area contributed by atoms with Gasteiger partial charge in [-0.2, -0.15) is 0 Å². The van der Waals surface area contributed by atoms with Gasteiger partial charge >= 0.3 is 0 Å². The van der Waals surface area contributed by atoms with Crippen molar-refractivity contribution in [3.05, 3.63) is 57.3 Å². The standard InChI is InChI=1S/C22H27N3O3S/c1-15(26)23-18(16-9-6-4-7-10-16)14-21(27)24-25-22(28)20-13-17-11-5-2-3-8-12-19(17)29-20/h4,6-7,9-10,13,18H,2-3,5,8,11-12,14H2,1H3,(H,23,26)(H,24,27)(H,25,28)/t18-/m1/s1. The Morgan fingerprint density at radius 3 is 2.45 bits per heavy atom. The Labute approximate surface area is 175 Å². The van der Waals surface area contributed by atoms with Crippen molar-refractivity contribution in [2.24, 2.45) is 0 Å². The van der Waals surface area contributed by atoms with E-state index in [1.165, 1.54) is 41.5 Å². The van der Waals surface area contributed by atoms with Crippen LogP contribution in [0.1, 0.15) is 70.7 Å². The summed E-state index contributed by atoms with van der Waals surface area (Å²) in [4.78, 5) is 38.2. The van der Waals surface area contributed by atoms with Crippen molar-refractivity contribution in [2.45, 2.75) is 57.9 Å².